The lowest BCUT2D eigenvalue weighted by Crippen LogP contribution is -2.19. The Morgan fingerprint density at radius 1 is 1.17 bits per heavy atom. The van der Waals surface area contributed by atoms with Crippen LogP contribution in [-0.4, -0.2) is 17.6 Å². The van der Waals surface area contributed by atoms with Crippen LogP contribution >= 0.6 is 27.7 Å². The standard InChI is InChI=1S/C18H17BrN2O2S/c19-13-2-5-15(6-3-13)24-10-9-18(23)20-14-4-7-16-12(11-14)1-8-17(22)21-16/h2-7,11H,1,8-10H2,(H,20,23)(H,21,22). The van der Waals surface area contributed by atoms with Crippen LogP contribution in [0.25, 0.3) is 0 Å². The molecule has 0 unspecified atom stereocenters. The first-order valence-corrected chi connectivity index (χ1v) is 9.49. The minimum Gasteiger partial charge on any atom is -0.326 e. The lowest BCUT2D eigenvalue weighted by atomic mass is 10.0. The van der Waals surface area contributed by atoms with Gasteiger partial charge in [0.25, 0.3) is 0 Å². The molecule has 4 nitrogen and oxygen atoms in total. The number of hydrogen-bond acceptors (Lipinski definition) is 3. The molecule has 0 bridgehead atoms. The maximum absolute atomic E-state index is 12.1. The van der Waals surface area contributed by atoms with E-state index in [2.05, 4.69) is 26.6 Å². The van der Waals surface area contributed by atoms with Crippen molar-refractivity contribution in [3.63, 3.8) is 0 Å². The third-order valence-electron chi connectivity index (χ3n) is 3.70. The smallest absolute Gasteiger partial charge is 0.225 e. The monoisotopic (exact) mass is 404 g/mol. The van der Waals surface area contributed by atoms with Gasteiger partial charge in [-0.05, 0) is 54.4 Å². The van der Waals surface area contributed by atoms with Gasteiger partial charge >= 0.3 is 0 Å². The second-order valence-electron chi connectivity index (χ2n) is 5.52. The second-order valence-corrected chi connectivity index (χ2v) is 7.60. The number of fused-ring (bicyclic) bond motifs is 1. The topological polar surface area (TPSA) is 58.2 Å². The molecule has 0 fully saturated rings. The van der Waals surface area contributed by atoms with E-state index in [1.807, 2.05) is 42.5 Å². The highest BCUT2D eigenvalue weighted by Gasteiger charge is 2.15. The van der Waals surface area contributed by atoms with Crippen molar-refractivity contribution in [1.29, 1.82) is 0 Å². The maximum Gasteiger partial charge on any atom is 0.225 e. The fraction of sp³-hybridized carbons (Fsp3) is 0.222. The Bertz CT molecular complexity index is 762. The van der Waals surface area contributed by atoms with E-state index in [0.717, 1.165) is 32.1 Å². The number of thioether (sulfide) groups is 1. The molecular formula is C18H17BrN2O2S. The molecule has 1 heterocycles. The largest absolute Gasteiger partial charge is 0.326 e. The van der Waals surface area contributed by atoms with Crippen LogP contribution in [0.5, 0.6) is 0 Å². The number of hydrogen-bond donors (Lipinski definition) is 2. The lowest BCUT2D eigenvalue weighted by molar-refractivity contribution is -0.117. The Kier molecular flexibility index (Phi) is 5.58. The van der Waals surface area contributed by atoms with E-state index in [-0.39, 0.29) is 11.8 Å². The second kappa shape index (κ2) is 7.85. The molecule has 0 atom stereocenters. The molecule has 1 aliphatic rings. The van der Waals surface area contributed by atoms with Crippen LogP contribution in [0.15, 0.2) is 51.8 Å². The van der Waals surface area contributed by atoms with Crippen molar-refractivity contribution in [1.82, 2.24) is 0 Å². The highest BCUT2D eigenvalue weighted by atomic mass is 79.9. The Morgan fingerprint density at radius 3 is 2.75 bits per heavy atom. The predicted octanol–water partition coefficient (Wildman–Crippen LogP) is 4.45. The molecule has 0 aromatic heterocycles. The first kappa shape index (κ1) is 17.0. The van der Waals surface area contributed by atoms with Crippen LogP contribution in [0, 0.1) is 0 Å². The van der Waals surface area contributed by atoms with Gasteiger partial charge in [-0.15, -0.1) is 11.8 Å². The van der Waals surface area contributed by atoms with Crippen molar-refractivity contribution in [3.05, 3.63) is 52.5 Å². The Labute approximate surface area is 153 Å². The minimum absolute atomic E-state index is 0.000549. The molecule has 0 radical (unpaired) electrons. The Hall–Kier alpha value is -1.79. The molecule has 0 spiro atoms. The number of halogens is 1. The molecule has 0 saturated heterocycles. The molecule has 1 aliphatic heterocycles. The van der Waals surface area contributed by atoms with Gasteiger partial charge in [-0.25, -0.2) is 0 Å². The van der Waals surface area contributed by atoms with Crippen LogP contribution < -0.4 is 10.6 Å². The number of anilines is 2. The summed E-state index contributed by atoms with van der Waals surface area (Å²) in [7, 11) is 0. The van der Waals surface area contributed by atoms with Gasteiger partial charge in [0.15, 0.2) is 0 Å². The van der Waals surface area contributed by atoms with Crippen molar-refractivity contribution in [2.75, 3.05) is 16.4 Å². The zero-order chi connectivity index (χ0) is 16.9. The molecule has 6 heteroatoms. The third-order valence-corrected chi connectivity index (χ3v) is 5.24. The number of aryl methyl sites for hydroxylation is 1. The quantitative estimate of drug-likeness (QED) is 0.723. The van der Waals surface area contributed by atoms with Gasteiger partial charge in [0, 0.05) is 39.3 Å². The first-order valence-electron chi connectivity index (χ1n) is 7.71. The Balaban J connectivity index is 1.50. The van der Waals surface area contributed by atoms with E-state index in [1.165, 1.54) is 0 Å². The summed E-state index contributed by atoms with van der Waals surface area (Å²) < 4.78 is 1.05. The van der Waals surface area contributed by atoms with Crippen molar-refractivity contribution < 1.29 is 9.59 Å². The minimum atomic E-state index is -0.000549. The van der Waals surface area contributed by atoms with Gasteiger partial charge in [-0.2, -0.15) is 0 Å². The van der Waals surface area contributed by atoms with Gasteiger partial charge in [-0.3, -0.25) is 9.59 Å². The number of carbonyl (C=O) groups excluding carboxylic acids is 2. The summed E-state index contributed by atoms with van der Waals surface area (Å²) in [5.74, 6) is 0.776. The molecule has 24 heavy (non-hydrogen) atoms. The van der Waals surface area contributed by atoms with Crippen molar-refractivity contribution in [2.45, 2.75) is 24.2 Å². The summed E-state index contributed by atoms with van der Waals surface area (Å²) in [4.78, 5) is 24.6. The summed E-state index contributed by atoms with van der Waals surface area (Å²) >= 11 is 5.07. The van der Waals surface area contributed by atoms with Crippen LogP contribution in [0.1, 0.15) is 18.4 Å². The molecule has 2 amide bonds. The zero-order valence-corrected chi connectivity index (χ0v) is 15.4. The number of nitrogens with one attached hydrogen (secondary N) is 2. The molecule has 2 N–H and O–H groups in total. The third kappa shape index (κ3) is 4.61. The number of rotatable bonds is 5. The summed E-state index contributed by atoms with van der Waals surface area (Å²) in [5, 5.41) is 5.76. The number of carbonyl (C=O) groups is 2. The molecule has 3 rings (SSSR count). The molecule has 0 aliphatic carbocycles. The van der Waals surface area contributed by atoms with E-state index in [4.69, 9.17) is 0 Å². The average molecular weight is 405 g/mol. The van der Waals surface area contributed by atoms with Crippen LogP contribution in [0.4, 0.5) is 11.4 Å². The summed E-state index contributed by atoms with van der Waals surface area (Å²) in [6.07, 6.45) is 1.66. The predicted molar refractivity (Wildman–Crippen MR) is 102 cm³/mol. The fourth-order valence-electron chi connectivity index (χ4n) is 2.48. The van der Waals surface area contributed by atoms with E-state index in [1.54, 1.807) is 11.8 Å². The molecule has 2 aromatic carbocycles. The SMILES string of the molecule is O=C(CCSc1ccc(Br)cc1)Nc1ccc2c(c1)CCC(=O)N2. The molecule has 0 saturated carbocycles. The average Bonchev–Trinajstić information content (AvgIpc) is 2.57. The van der Waals surface area contributed by atoms with Crippen LogP contribution in [0.2, 0.25) is 0 Å². The van der Waals surface area contributed by atoms with Gasteiger partial charge < -0.3 is 10.6 Å². The summed E-state index contributed by atoms with van der Waals surface area (Å²) in [6, 6.07) is 13.7. The number of amides is 2. The van der Waals surface area contributed by atoms with E-state index in [9.17, 15) is 9.59 Å². The normalized spacial score (nSPS) is 13.1. The summed E-state index contributed by atoms with van der Waals surface area (Å²) in [5.41, 5.74) is 2.69. The van der Waals surface area contributed by atoms with E-state index in [0.29, 0.717) is 19.3 Å². The maximum atomic E-state index is 12.1. The highest BCUT2D eigenvalue weighted by Crippen LogP contribution is 2.26. The van der Waals surface area contributed by atoms with Gasteiger partial charge in [0.1, 0.15) is 0 Å². The van der Waals surface area contributed by atoms with Crippen molar-refractivity contribution >= 4 is 50.9 Å². The number of benzene rings is 2. The van der Waals surface area contributed by atoms with Crippen LogP contribution in [-0.2, 0) is 16.0 Å². The Morgan fingerprint density at radius 2 is 1.96 bits per heavy atom. The zero-order valence-electron chi connectivity index (χ0n) is 13.0. The first-order chi connectivity index (χ1) is 11.6. The van der Waals surface area contributed by atoms with Gasteiger partial charge in [0.2, 0.25) is 11.8 Å². The van der Waals surface area contributed by atoms with E-state index < -0.39 is 0 Å². The van der Waals surface area contributed by atoms with Crippen molar-refractivity contribution in [3.8, 4) is 0 Å². The molecular weight excluding hydrogens is 388 g/mol. The molecule has 124 valence electrons. The van der Waals surface area contributed by atoms with Gasteiger partial charge in [-0.1, -0.05) is 15.9 Å². The van der Waals surface area contributed by atoms with E-state index >= 15 is 0 Å². The van der Waals surface area contributed by atoms with Gasteiger partial charge in [0.05, 0.1) is 0 Å². The lowest BCUT2D eigenvalue weighted by Gasteiger charge is -2.17. The highest BCUT2D eigenvalue weighted by molar-refractivity contribution is 9.10. The molecule has 2 aromatic rings. The van der Waals surface area contributed by atoms with Crippen LogP contribution in [0.3, 0.4) is 0 Å². The van der Waals surface area contributed by atoms with Crippen molar-refractivity contribution in [2.24, 2.45) is 0 Å². The summed E-state index contributed by atoms with van der Waals surface area (Å²) in [6.45, 7) is 0. The fourth-order valence-corrected chi connectivity index (χ4v) is 3.59.